The number of amides is 1. The van der Waals surface area contributed by atoms with E-state index in [0.29, 0.717) is 19.6 Å². The summed E-state index contributed by atoms with van der Waals surface area (Å²) in [5, 5.41) is 2.90. The van der Waals surface area contributed by atoms with Gasteiger partial charge in [0, 0.05) is 0 Å². The summed E-state index contributed by atoms with van der Waals surface area (Å²) >= 11 is 0. The van der Waals surface area contributed by atoms with E-state index in [-0.39, 0.29) is 5.91 Å². The van der Waals surface area contributed by atoms with Gasteiger partial charge in [0.1, 0.15) is 12.4 Å². The van der Waals surface area contributed by atoms with E-state index >= 15 is 0 Å². The molecule has 3 aromatic carbocycles. The van der Waals surface area contributed by atoms with Crippen LogP contribution < -0.4 is 10.1 Å². The van der Waals surface area contributed by atoms with E-state index in [0.717, 1.165) is 22.4 Å². The van der Waals surface area contributed by atoms with Crippen molar-refractivity contribution >= 4 is 5.91 Å². The summed E-state index contributed by atoms with van der Waals surface area (Å²) in [4.78, 5) is 12.1. The number of ether oxygens (including phenoxy) is 1. The lowest BCUT2D eigenvalue weighted by Gasteiger charge is -2.10. The van der Waals surface area contributed by atoms with Gasteiger partial charge in [0.15, 0.2) is 0 Å². The van der Waals surface area contributed by atoms with E-state index in [2.05, 4.69) is 29.6 Å². The topological polar surface area (TPSA) is 38.3 Å². The molecule has 0 aromatic heterocycles. The first kappa shape index (κ1) is 17.7. The Balaban J connectivity index is 1.44. The average Bonchev–Trinajstić information content (AvgIpc) is 2.68. The molecule has 3 aromatic rings. The number of carbonyl (C=O) groups is 1. The number of rotatable bonds is 7. The molecule has 1 amide bonds. The maximum atomic E-state index is 12.1. The van der Waals surface area contributed by atoms with Gasteiger partial charge >= 0.3 is 0 Å². The van der Waals surface area contributed by atoms with Crippen molar-refractivity contribution in [1.82, 2.24) is 5.32 Å². The minimum Gasteiger partial charge on any atom is -0.491 e. The Morgan fingerprint density at radius 2 is 1.50 bits per heavy atom. The molecule has 0 spiro atoms. The first-order chi connectivity index (χ1) is 12.7. The minimum atomic E-state index is 0.00541. The van der Waals surface area contributed by atoms with Crippen LogP contribution in [0.1, 0.15) is 11.1 Å². The molecular formula is C23H23NO2. The Morgan fingerprint density at radius 3 is 2.23 bits per heavy atom. The number of nitrogens with one attached hydrogen (secondary N) is 1. The zero-order valence-corrected chi connectivity index (χ0v) is 14.9. The summed E-state index contributed by atoms with van der Waals surface area (Å²) in [5.41, 5.74) is 4.43. The van der Waals surface area contributed by atoms with Gasteiger partial charge in [-0.3, -0.25) is 4.79 Å². The second kappa shape index (κ2) is 8.86. The van der Waals surface area contributed by atoms with Crippen LogP contribution in [0.2, 0.25) is 0 Å². The molecule has 0 unspecified atom stereocenters. The van der Waals surface area contributed by atoms with E-state index in [9.17, 15) is 4.79 Å². The molecule has 132 valence electrons. The van der Waals surface area contributed by atoms with Crippen LogP contribution in [0, 0.1) is 6.92 Å². The van der Waals surface area contributed by atoms with Crippen molar-refractivity contribution in [3.63, 3.8) is 0 Å². The summed E-state index contributed by atoms with van der Waals surface area (Å²) in [6.07, 6.45) is 0.374. The van der Waals surface area contributed by atoms with Crippen LogP contribution in [0.3, 0.4) is 0 Å². The zero-order valence-electron chi connectivity index (χ0n) is 14.9. The lowest BCUT2D eigenvalue weighted by atomic mass is 10.0. The lowest BCUT2D eigenvalue weighted by Crippen LogP contribution is -2.29. The normalized spacial score (nSPS) is 10.3. The summed E-state index contributed by atoms with van der Waals surface area (Å²) in [6.45, 7) is 2.96. The molecule has 0 fully saturated rings. The highest BCUT2D eigenvalue weighted by molar-refractivity contribution is 5.78. The first-order valence-electron chi connectivity index (χ1n) is 8.82. The smallest absolute Gasteiger partial charge is 0.224 e. The Morgan fingerprint density at radius 1 is 0.846 bits per heavy atom. The van der Waals surface area contributed by atoms with Gasteiger partial charge in [-0.1, -0.05) is 72.8 Å². The van der Waals surface area contributed by atoms with Crippen LogP contribution in [0.25, 0.3) is 11.1 Å². The van der Waals surface area contributed by atoms with E-state index < -0.39 is 0 Å². The van der Waals surface area contributed by atoms with Crippen LogP contribution in [0.15, 0.2) is 78.9 Å². The maximum Gasteiger partial charge on any atom is 0.224 e. The van der Waals surface area contributed by atoms with E-state index in [1.165, 1.54) is 5.56 Å². The van der Waals surface area contributed by atoms with Crippen molar-refractivity contribution < 1.29 is 9.53 Å². The molecule has 3 heteroatoms. The third-order valence-corrected chi connectivity index (χ3v) is 4.20. The number of carbonyl (C=O) groups excluding carboxylic acids is 1. The number of aryl methyl sites for hydroxylation is 1. The fourth-order valence-electron chi connectivity index (χ4n) is 2.76. The SMILES string of the molecule is Cc1ccccc1OCCNC(=O)Cc1ccc(-c2ccccc2)cc1. The Labute approximate surface area is 154 Å². The quantitative estimate of drug-likeness (QED) is 0.645. The zero-order chi connectivity index (χ0) is 18.2. The van der Waals surface area contributed by atoms with Crippen LogP contribution in [-0.2, 0) is 11.2 Å². The molecule has 0 aliphatic heterocycles. The van der Waals surface area contributed by atoms with Gasteiger partial charge in [-0.05, 0) is 35.2 Å². The van der Waals surface area contributed by atoms with Gasteiger partial charge in [0.25, 0.3) is 0 Å². The summed E-state index contributed by atoms with van der Waals surface area (Å²) < 4.78 is 5.69. The average molecular weight is 345 g/mol. The van der Waals surface area contributed by atoms with Crippen LogP contribution in [0.4, 0.5) is 0 Å². The van der Waals surface area contributed by atoms with E-state index in [1.54, 1.807) is 0 Å². The molecule has 0 saturated carbocycles. The molecule has 26 heavy (non-hydrogen) atoms. The molecule has 0 atom stereocenters. The summed E-state index contributed by atoms with van der Waals surface area (Å²) in [5.74, 6) is 0.865. The largest absolute Gasteiger partial charge is 0.491 e. The number of hydrogen-bond acceptors (Lipinski definition) is 2. The van der Waals surface area contributed by atoms with Crippen molar-refractivity contribution in [1.29, 1.82) is 0 Å². The first-order valence-corrected chi connectivity index (χ1v) is 8.82. The standard InChI is InChI=1S/C23H23NO2/c1-18-7-5-6-10-22(18)26-16-15-24-23(25)17-19-11-13-21(14-12-19)20-8-3-2-4-9-20/h2-14H,15-17H2,1H3,(H,24,25). The second-order valence-electron chi connectivity index (χ2n) is 6.20. The second-order valence-corrected chi connectivity index (χ2v) is 6.20. The molecule has 0 heterocycles. The fourth-order valence-corrected chi connectivity index (χ4v) is 2.76. The van der Waals surface area contributed by atoms with Crippen molar-refractivity contribution in [2.24, 2.45) is 0 Å². The molecule has 1 N–H and O–H groups in total. The molecule has 0 saturated heterocycles. The maximum absolute atomic E-state index is 12.1. The third kappa shape index (κ3) is 4.96. The van der Waals surface area contributed by atoms with Crippen molar-refractivity contribution in [2.75, 3.05) is 13.2 Å². The number of hydrogen-bond donors (Lipinski definition) is 1. The highest BCUT2D eigenvalue weighted by Gasteiger charge is 2.04. The minimum absolute atomic E-state index is 0.00541. The predicted octanol–water partition coefficient (Wildman–Crippen LogP) is 4.40. The Bertz CT molecular complexity index is 842. The highest BCUT2D eigenvalue weighted by Crippen LogP contribution is 2.19. The molecular weight excluding hydrogens is 322 g/mol. The third-order valence-electron chi connectivity index (χ3n) is 4.20. The lowest BCUT2D eigenvalue weighted by molar-refractivity contribution is -0.120. The van der Waals surface area contributed by atoms with Gasteiger partial charge in [-0.25, -0.2) is 0 Å². The summed E-state index contributed by atoms with van der Waals surface area (Å²) in [7, 11) is 0. The number of benzene rings is 3. The van der Waals surface area contributed by atoms with Gasteiger partial charge in [0.2, 0.25) is 5.91 Å². The molecule has 0 bridgehead atoms. The van der Waals surface area contributed by atoms with Crippen LogP contribution >= 0.6 is 0 Å². The molecule has 3 nitrogen and oxygen atoms in total. The fraction of sp³-hybridized carbons (Fsp3) is 0.174. The van der Waals surface area contributed by atoms with Crippen molar-refractivity contribution in [2.45, 2.75) is 13.3 Å². The Hall–Kier alpha value is -3.07. The van der Waals surface area contributed by atoms with Crippen LogP contribution in [-0.4, -0.2) is 19.1 Å². The van der Waals surface area contributed by atoms with Gasteiger partial charge < -0.3 is 10.1 Å². The van der Waals surface area contributed by atoms with E-state index in [4.69, 9.17) is 4.74 Å². The summed E-state index contributed by atoms with van der Waals surface area (Å²) in [6, 6.07) is 26.2. The van der Waals surface area contributed by atoms with Gasteiger partial charge in [-0.15, -0.1) is 0 Å². The van der Waals surface area contributed by atoms with Gasteiger partial charge in [-0.2, -0.15) is 0 Å². The van der Waals surface area contributed by atoms with Crippen LogP contribution in [0.5, 0.6) is 5.75 Å². The number of para-hydroxylation sites is 1. The molecule has 0 radical (unpaired) electrons. The molecule has 0 aliphatic rings. The van der Waals surface area contributed by atoms with Crippen molar-refractivity contribution in [3.05, 3.63) is 90.0 Å². The van der Waals surface area contributed by atoms with Gasteiger partial charge in [0.05, 0.1) is 13.0 Å². The monoisotopic (exact) mass is 345 g/mol. The Kier molecular flexibility index (Phi) is 6.05. The predicted molar refractivity (Wildman–Crippen MR) is 105 cm³/mol. The molecule has 3 rings (SSSR count). The highest BCUT2D eigenvalue weighted by atomic mass is 16.5. The van der Waals surface area contributed by atoms with Crippen molar-refractivity contribution in [3.8, 4) is 16.9 Å². The molecule has 0 aliphatic carbocycles. The van der Waals surface area contributed by atoms with E-state index in [1.807, 2.05) is 61.5 Å².